The van der Waals surface area contributed by atoms with Crippen molar-refractivity contribution in [3.8, 4) is 5.75 Å². The number of hydrogen-bond donors (Lipinski definition) is 2. The van der Waals surface area contributed by atoms with Crippen LogP contribution in [0, 0.1) is 0 Å². The molecule has 0 saturated heterocycles. The number of amides is 2. The van der Waals surface area contributed by atoms with Gasteiger partial charge in [0.15, 0.2) is 0 Å². The average molecular weight is 296 g/mol. The Balaban J connectivity index is 1.54. The second-order valence-corrected chi connectivity index (χ2v) is 5.68. The smallest absolute Gasteiger partial charge is 0.319 e. The summed E-state index contributed by atoms with van der Waals surface area (Å²) in [7, 11) is 1.62. The van der Waals surface area contributed by atoms with E-state index in [1.807, 2.05) is 42.5 Å². The van der Waals surface area contributed by atoms with Gasteiger partial charge in [0.05, 0.1) is 7.11 Å². The summed E-state index contributed by atoms with van der Waals surface area (Å²) >= 11 is 0. The van der Waals surface area contributed by atoms with Crippen molar-refractivity contribution in [3.63, 3.8) is 0 Å². The summed E-state index contributed by atoms with van der Waals surface area (Å²) < 4.78 is 5.10. The van der Waals surface area contributed by atoms with Crippen molar-refractivity contribution in [1.82, 2.24) is 5.32 Å². The number of anilines is 1. The van der Waals surface area contributed by atoms with E-state index in [4.69, 9.17) is 4.74 Å². The Kier molecular flexibility index (Phi) is 4.00. The quantitative estimate of drug-likeness (QED) is 0.886. The van der Waals surface area contributed by atoms with E-state index in [-0.39, 0.29) is 11.4 Å². The van der Waals surface area contributed by atoms with Crippen molar-refractivity contribution >= 4 is 11.7 Å². The van der Waals surface area contributed by atoms with Crippen LogP contribution in [-0.4, -0.2) is 19.7 Å². The monoisotopic (exact) mass is 296 g/mol. The fraction of sp³-hybridized carbons (Fsp3) is 0.278. The Hall–Kier alpha value is -2.49. The maximum Gasteiger partial charge on any atom is 0.319 e. The number of rotatable bonds is 5. The van der Waals surface area contributed by atoms with E-state index in [1.54, 1.807) is 7.11 Å². The lowest BCUT2D eigenvalue weighted by molar-refractivity contribution is 0.251. The number of methoxy groups -OCH3 is 1. The lowest BCUT2D eigenvalue weighted by atomic mass is 9.96. The highest BCUT2D eigenvalue weighted by Gasteiger charge is 2.44. The first-order chi connectivity index (χ1) is 10.7. The zero-order valence-corrected chi connectivity index (χ0v) is 12.6. The molecule has 3 rings (SSSR count). The third-order valence-electron chi connectivity index (χ3n) is 4.17. The largest absolute Gasteiger partial charge is 0.497 e. The molecule has 0 atom stereocenters. The second kappa shape index (κ2) is 6.10. The molecule has 4 nitrogen and oxygen atoms in total. The van der Waals surface area contributed by atoms with Crippen LogP contribution in [0.3, 0.4) is 0 Å². The van der Waals surface area contributed by atoms with Gasteiger partial charge < -0.3 is 15.4 Å². The Bertz CT molecular complexity index is 634. The molecule has 1 aliphatic rings. The molecule has 2 aromatic rings. The van der Waals surface area contributed by atoms with E-state index < -0.39 is 0 Å². The summed E-state index contributed by atoms with van der Waals surface area (Å²) in [6.07, 6.45) is 2.25. The van der Waals surface area contributed by atoms with Crippen LogP contribution in [0.4, 0.5) is 10.5 Å². The molecule has 114 valence electrons. The molecule has 0 aromatic heterocycles. The van der Waals surface area contributed by atoms with E-state index in [2.05, 4.69) is 22.8 Å². The zero-order valence-electron chi connectivity index (χ0n) is 12.6. The lowest BCUT2D eigenvalue weighted by Gasteiger charge is -2.17. The molecule has 0 spiro atoms. The van der Waals surface area contributed by atoms with E-state index in [9.17, 15) is 4.79 Å². The van der Waals surface area contributed by atoms with Crippen molar-refractivity contribution < 1.29 is 9.53 Å². The van der Waals surface area contributed by atoms with Gasteiger partial charge in [-0.05, 0) is 42.7 Å². The molecular formula is C18H20N2O2. The van der Waals surface area contributed by atoms with Crippen LogP contribution in [0.5, 0.6) is 5.75 Å². The van der Waals surface area contributed by atoms with Gasteiger partial charge in [0.2, 0.25) is 0 Å². The second-order valence-electron chi connectivity index (χ2n) is 5.68. The molecule has 4 heteroatoms. The molecule has 1 saturated carbocycles. The molecule has 1 aliphatic carbocycles. The summed E-state index contributed by atoms with van der Waals surface area (Å²) in [5, 5.41) is 5.82. The first-order valence-electron chi connectivity index (χ1n) is 7.46. The van der Waals surface area contributed by atoms with Crippen molar-refractivity contribution in [1.29, 1.82) is 0 Å². The van der Waals surface area contributed by atoms with E-state index >= 15 is 0 Å². The van der Waals surface area contributed by atoms with Gasteiger partial charge in [-0.25, -0.2) is 4.79 Å². The van der Waals surface area contributed by atoms with Gasteiger partial charge in [-0.2, -0.15) is 0 Å². The first kappa shape index (κ1) is 14.4. The number of benzene rings is 2. The number of carbonyl (C=O) groups is 1. The fourth-order valence-corrected chi connectivity index (χ4v) is 2.61. The van der Waals surface area contributed by atoms with Crippen molar-refractivity contribution in [2.75, 3.05) is 19.0 Å². The van der Waals surface area contributed by atoms with Gasteiger partial charge in [-0.1, -0.05) is 30.3 Å². The van der Waals surface area contributed by atoms with Crippen LogP contribution in [-0.2, 0) is 5.41 Å². The number of ether oxygens (including phenoxy) is 1. The highest BCUT2D eigenvalue weighted by atomic mass is 16.5. The highest BCUT2D eigenvalue weighted by Crippen LogP contribution is 2.47. The molecule has 0 heterocycles. The third kappa shape index (κ3) is 3.22. The Morgan fingerprint density at radius 2 is 1.77 bits per heavy atom. The Morgan fingerprint density at radius 3 is 2.36 bits per heavy atom. The van der Waals surface area contributed by atoms with Gasteiger partial charge in [0.1, 0.15) is 5.75 Å². The zero-order chi connectivity index (χ0) is 15.4. The first-order valence-corrected chi connectivity index (χ1v) is 7.46. The number of nitrogens with one attached hydrogen (secondary N) is 2. The van der Waals surface area contributed by atoms with Crippen LogP contribution in [0.2, 0.25) is 0 Å². The Labute approximate surface area is 130 Å². The summed E-state index contributed by atoms with van der Waals surface area (Å²) in [5.74, 6) is 0.770. The molecule has 1 fully saturated rings. The molecule has 0 bridgehead atoms. The van der Waals surface area contributed by atoms with Gasteiger partial charge in [0.25, 0.3) is 0 Å². The van der Waals surface area contributed by atoms with Crippen LogP contribution in [0.25, 0.3) is 0 Å². The van der Waals surface area contributed by atoms with Gasteiger partial charge >= 0.3 is 6.03 Å². The number of carbonyl (C=O) groups excluding carboxylic acids is 1. The molecule has 0 radical (unpaired) electrons. The average Bonchev–Trinajstić information content (AvgIpc) is 3.36. The SMILES string of the molecule is COc1ccc(NC(=O)NCC2(c3ccccc3)CC2)cc1. The maximum atomic E-state index is 12.0. The standard InChI is InChI=1S/C18H20N2O2/c1-22-16-9-7-15(8-10-16)20-17(21)19-13-18(11-12-18)14-5-3-2-4-6-14/h2-10H,11-13H2,1H3,(H2,19,20,21). The van der Waals surface area contributed by atoms with Gasteiger partial charge in [-0.15, -0.1) is 0 Å². The maximum absolute atomic E-state index is 12.0. The van der Waals surface area contributed by atoms with Crippen molar-refractivity contribution in [3.05, 3.63) is 60.2 Å². The predicted octanol–water partition coefficient (Wildman–Crippen LogP) is 3.55. The molecule has 2 amide bonds. The minimum atomic E-state index is -0.174. The highest BCUT2D eigenvalue weighted by molar-refractivity contribution is 5.89. The molecular weight excluding hydrogens is 276 g/mol. The van der Waals surface area contributed by atoms with E-state index in [0.717, 1.165) is 24.3 Å². The summed E-state index contributed by atoms with van der Waals surface area (Å²) in [5.41, 5.74) is 2.18. The molecule has 22 heavy (non-hydrogen) atoms. The molecule has 0 unspecified atom stereocenters. The van der Waals surface area contributed by atoms with Gasteiger partial charge in [0, 0.05) is 17.6 Å². The normalized spacial score (nSPS) is 15.0. The van der Waals surface area contributed by atoms with Crippen molar-refractivity contribution in [2.24, 2.45) is 0 Å². The predicted molar refractivity (Wildman–Crippen MR) is 87.4 cm³/mol. The minimum absolute atomic E-state index is 0.124. The van der Waals surface area contributed by atoms with E-state index in [1.165, 1.54) is 5.56 Å². The van der Waals surface area contributed by atoms with Crippen LogP contribution >= 0.6 is 0 Å². The fourth-order valence-electron chi connectivity index (χ4n) is 2.61. The van der Waals surface area contributed by atoms with Crippen LogP contribution < -0.4 is 15.4 Å². The van der Waals surface area contributed by atoms with Crippen molar-refractivity contribution in [2.45, 2.75) is 18.3 Å². The van der Waals surface area contributed by atoms with E-state index in [0.29, 0.717) is 6.54 Å². The lowest BCUT2D eigenvalue weighted by Crippen LogP contribution is -2.35. The third-order valence-corrected chi connectivity index (χ3v) is 4.17. The topological polar surface area (TPSA) is 50.4 Å². The number of urea groups is 1. The molecule has 0 aliphatic heterocycles. The minimum Gasteiger partial charge on any atom is -0.497 e. The van der Waals surface area contributed by atoms with Crippen LogP contribution in [0.15, 0.2) is 54.6 Å². The molecule has 2 aromatic carbocycles. The summed E-state index contributed by atoms with van der Waals surface area (Å²) in [6.45, 7) is 0.666. The molecule has 2 N–H and O–H groups in total. The van der Waals surface area contributed by atoms with Crippen LogP contribution in [0.1, 0.15) is 18.4 Å². The summed E-state index contributed by atoms with van der Waals surface area (Å²) in [6, 6.07) is 17.5. The summed E-state index contributed by atoms with van der Waals surface area (Å²) in [4.78, 5) is 12.0. The Morgan fingerprint density at radius 1 is 1.09 bits per heavy atom. The number of hydrogen-bond acceptors (Lipinski definition) is 2. The van der Waals surface area contributed by atoms with Gasteiger partial charge in [-0.3, -0.25) is 0 Å².